The highest BCUT2D eigenvalue weighted by molar-refractivity contribution is 7.89. The van der Waals surface area contributed by atoms with Gasteiger partial charge in [0.2, 0.25) is 10.0 Å². The number of hydrogen-bond acceptors (Lipinski definition) is 5. The van der Waals surface area contributed by atoms with Gasteiger partial charge in [-0.25, -0.2) is 8.42 Å². The zero-order valence-corrected chi connectivity index (χ0v) is 11.7. The van der Waals surface area contributed by atoms with E-state index >= 15 is 0 Å². The van der Waals surface area contributed by atoms with Gasteiger partial charge in [0.25, 0.3) is 0 Å². The standard InChI is InChI=1S/C11H20N4O2S/c1-14(2)8-9-15(3)18(16,17)11-7-5-4-6-10(11)13-12/h4-7,13H,8-9,12H2,1-3H3. The number of hydrazine groups is 1. The first-order chi connectivity index (χ1) is 8.39. The quantitative estimate of drug-likeness (QED) is 0.569. The SMILES string of the molecule is CN(C)CCN(C)S(=O)(=O)c1ccccc1NN. The topological polar surface area (TPSA) is 78.7 Å². The molecule has 0 aliphatic heterocycles. The van der Waals surface area contributed by atoms with Gasteiger partial charge in [0, 0.05) is 20.1 Å². The number of nitrogens with one attached hydrogen (secondary N) is 1. The number of nitrogens with zero attached hydrogens (tertiary/aromatic N) is 2. The fourth-order valence-electron chi connectivity index (χ4n) is 1.44. The Morgan fingerprint density at radius 2 is 1.78 bits per heavy atom. The van der Waals surface area contributed by atoms with E-state index in [9.17, 15) is 8.42 Å². The lowest BCUT2D eigenvalue weighted by molar-refractivity contribution is 0.358. The number of rotatable bonds is 6. The van der Waals surface area contributed by atoms with Crippen LogP contribution in [0.1, 0.15) is 0 Å². The Balaban J connectivity index is 2.98. The molecule has 18 heavy (non-hydrogen) atoms. The van der Waals surface area contributed by atoms with Gasteiger partial charge in [0.15, 0.2) is 0 Å². The molecule has 0 saturated carbocycles. The molecule has 6 nitrogen and oxygen atoms in total. The minimum atomic E-state index is -3.51. The van der Waals surface area contributed by atoms with Crippen molar-refractivity contribution in [1.29, 1.82) is 0 Å². The third-order valence-electron chi connectivity index (χ3n) is 2.59. The van der Waals surface area contributed by atoms with Crippen LogP contribution in [0, 0.1) is 0 Å². The number of nitrogens with two attached hydrogens (primary N) is 1. The van der Waals surface area contributed by atoms with Crippen LogP contribution in [0.3, 0.4) is 0 Å². The van der Waals surface area contributed by atoms with Crippen molar-refractivity contribution in [3.8, 4) is 0 Å². The van der Waals surface area contributed by atoms with Gasteiger partial charge in [-0.05, 0) is 26.2 Å². The molecular formula is C11H20N4O2S. The summed E-state index contributed by atoms with van der Waals surface area (Å²) >= 11 is 0. The van der Waals surface area contributed by atoms with Crippen LogP contribution in [0.15, 0.2) is 29.2 Å². The van der Waals surface area contributed by atoms with Gasteiger partial charge in [-0.3, -0.25) is 5.84 Å². The number of sulfonamides is 1. The summed E-state index contributed by atoms with van der Waals surface area (Å²) in [5.74, 6) is 5.33. The maximum absolute atomic E-state index is 12.3. The van der Waals surface area contributed by atoms with Crippen molar-refractivity contribution in [3.63, 3.8) is 0 Å². The van der Waals surface area contributed by atoms with Crippen LogP contribution in [0.2, 0.25) is 0 Å². The number of nitrogen functional groups attached to an aromatic ring is 1. The summed E-state index contributed by atoms with van der Waals surface area (Å²) in [5, 5.41) is 0. The highest BCUT2D eigenvalue weighted by atomic mass is 32.2. The van der Waals surface area contributed by atoms with Crippen LogP contribution in [0.25, 0.3) is 0 Å². The second-order valence-corrected chi connectivity index (χ2v) is 6.28. The van der Waals surface area contributed by atoms with Gasteiger partial charge in [0.1, 0.15) is 4.90 Å². The van der Waals surface area contributed by atoms with Crippen LogP contribution >= 0.6 is 0 Å². The molecular weight excluding hydrogens is 252 g/mol. The fourth-order valence-corrected chi connectivity index (χ4v) is 2.75. The van der Waals surface area contributed by atoms with Crippen LogP contribution in [0.5, 0.6) is 0 Å². The molecule has 1 aromatic rings. The maximum atomic E-state index is 12.3. The van der Waals surface area contributed by atoms with Crippen LogP contribution in [0.4, 0.5) is 5.69 Å². The Hall–Kier alpha value is -1.15. The summed E-state index contributed by atoms with van der Waals surface area (Å²) in [5.41, 5.74) is 2.80. The zero-order valence-electron chi connectivity index (χ0n) is 10.9. The summed E-state index contributed by atoms with van der Waals surface area (Å²) in [6.45, 7) is 1.09. The fraction of sp³-hybridized carbons (Fsp3) is 0.455. The van der Waals surface area contributed by atoms with Crippen LogP contribution < -0.4 is 11.3 Å². The number of likely N-dealkylation sites (N-methyl/N-ethyl adjacent to an activating group) is 2. The molecule has 0 aliphatic rings. The molecule has 7 heteroatoms. The van der Waals surface area contributed by atoms with E-state index in [1.807, 2.05) is 19.0 Å². The zero-order chi connectivity index (χ0) is 13.8. The van der Waals surface area contributed by atoms with Crippen molar-refractivity contribution >= 4 is 15.7 Å². The lowest BCUT2D eigenvalue weighted by Crippen LogP contribution is -2.34. The average Bonchev–Trinajstić information content (AvgIpc) is 2.35. The van der Waals surface area contributed by atoms with E-state index in [2.05, 4.69) is 5.43 Å². The first-order valence-electron chi connectivity index (χ1n) is 5.56. The molecule has 102 valence electrons. The Kier molecular flexibility index (Phi) is 5.09. The second-order valence-electron chi connectivity index (χ2n) is 4.27. The Bertz CT molecular complexity index is 488. The maximum Gasteiger partial charge on any atom is 0.244 e. The number of benzene rings is 1. The monoisotopic (exact) mass is 272 g/mol. The van der Waals surface area contributed by atoms with Gasteiger partial charge in [-0.15, -0.1) is 0 Å². The Labute approximate surface area is 108 Å². The van der Waals surface area contributed by atoms with Gasteiger partial charge < -0.3 is 10.3 Å². The third-order valence-corrected chi connectivity index (χ3v) is 4.51. The third kappa shape index (κ3) is 3.42. The smallest absolute Gasteiger partial charge is 0.244 e. The summed E-state index contributed by atoms with van der Waals surface area (Å²) in [7, 11) is 1.85. The highest BCUT2D eigenvalue weighted by Crippen LogP contribution is 2.22. The molecule has 0 saturated heterocycles. The number of hydrogen-bond donors (Lipinski definition) is 2. The normalized spacial score (nSPS) is 12.1. The minimum Gasteiger partial charge on any atom is -0.323 e. The minimum absolute atomic E-state index is 0.189. The predicted molar refractivity (Wildman–Crippen MR) is 72.6 cm³/mol. The molecule has 0 unspecified atom stereocenters. The van der Waals surface area contributed by atoms with Crippen molar-refractivity contribution in [2.24, 2.45) is 5.84 Å². The molecule has 0 fully saturated rings. The van der Waals surface area contributed by atoms with E-state index in [-0.39, 0.29) is 4.90 Å². The predicted octanol–water partition coefficient (Wildman–Crippen LogP) is 0.154. The van der Waals surface area contributed by atoms with E-state index in [0.29, 0.717) is 18.8 Å². The summed E-state index contributed by atoms with van der Waals surface area (Å²) in [4.78, 5) is 2.12. The lowest BCUT2D eigenvalue weighted by atomic mass is 10.3. The average molecular weight is 272 g/mol. The Morgan fingerprint density at radius 3 is 2.33 bits per heavy atom. The molecule has 0 bridgehead atoms. The van der Waals surface area contributed by atoms with Gasteiger partial charge in [-0.1, -0.05) is 12.1 Å². The molecule has 0 atom stereocenters. The summed E-state index contributed by atoms with van der Waals surface area (Å²) in [6, 6.07) is 6.57. The molecule has 0 heterocycles. The van der Waals surface area contributed by atoms with Crippen LogP contribution in [-0.2, 0) is 10.0 Å². The number of para-hydroxylation sites is 1. The lowest BCUT2D eigenvalue weighted by Gasteiger charge is -2.20. The summed E-state index contributed by atoms with van der Waals surface area (Å²) < 4.78 is 26.0. The van der Waals surface area contributed by atoms with Gasteiger partial charge in [-0.2, -0.15) is 4.31 Å². The summed E-state index contributed by atoms with van der Waals surface area (Å²) in [6.07, 6.45) is 0. The first-order valence-corrected chi connectivity index (χ1v) is 7.00. The van der Waals surface area contributed by atoms with Crippen molar-refractivity contribution in [2.75, 3.05) is 39.7 Å². The second kappa shape index (κ2) is 6.14. The van der Waals surface area contributed by atoms with E-state index in [1.165, 1.54) is 10.4 Å². The molecule has 0 aliphatic carbocycles. The molecule has 3 N–H and O–H groups in total. The van der Waals surface area contributed by atoms with E-state index in [4.69, 9.17) is 5.84 Å². The molecule has 0 amide bonds. The molecule has 0 aromatic heterocycles. The molecule has 0 spiro atoms. The van der Waals surface area contributed by atoms with Crippen molar-refractivity contribution in [2.45, 2.75) is 4.90 Å². The van der Waals surface area contributed by atoms with Crippen molar-refractivity contribution < 1.29 is 8.42 Å². The largest absolute Gasteiger partial charge is 0.323 e. The van der Waals surface area contributed by atoms with E-state index in [1.54, 1.807) is 25.2 Å². The van der Waals surface area contributed by atoms with Crippen molar-refractivity contribution in [1.82, 2.24) is 9.21 Å². The van der Waals surface area contributed by atoms with E-state index < -0.39 is 10.0 Å². The van der Waals surface area contributed by atoms with Gasteiger partial charge in [0.05, 0.1) is 5.69 Å². The van der Waals surface area contributed by atoms with Crippen molar-refractivity contribution in [3.05, 3.63) is 24.3 Å². The first kappa shape index (κ1) is 14.9. The van der Waals surface area contributed by atoms with Crippen LogP contribution in [-0.4, -0.2) is 51.9 Å². The highest BCUT2D eigenvalue weighted by Gasteiger charge is 2.23. The number of anilines is 1. The van der Waals surface area contributed by atoms with E-state index in [0.717, 1.165) is 0 Å². The van der Waals surface area contributed by atoms with Gasteiger partial charge >= 0.3 is 0 Å². The molecule has 0 radical (unpaired) electrons. The molecule has 1 rings (SSSR count). The Morgan fingerprint density at radius 1 is 1.17 bits per heavy atom. The molecule has 1 aromatic carbocycles.